The second-order valence-electron chi connectivity index (χ2n) is 7.76. The first kappa shape index (κ1) is 23.0. The summed E-state index contributed by atoms with van der Waals surface area (Å²) < 4.78 is 38.4. The number of hydrogen-bond acceptors (Lipinski definition) is 5. The molecule has 0 saturated carbocycles. The Kier molecular flexibility index (Phi) is 6.24. The number of carbonyl (C=O) groups excluding carboxylic acids is 2. The number of thioether (sulfide) groups is 1. The third-order valence-corrected chi connectivity index (χ3v) is 7.03. The smallest absolute Gasteiger partial charge is 0.365 e. The van der Waals surface area contributed by atoms with Crippen LogP contribution in [0.1, 0.15) is 23.7 Å². The van der Waals surface area contributed by atoms with Gasteiger partial charge in [-0.2, -0.15) is 13.2 Å². The van der Waals surface area contributed by atoms with Gasteiger partial charge in [-0.1, -0.05) is 30.0 Å². The predicted octanol–water partition coefficient (Wildman–Crippen LogP) is 3.59. The Balaban J connectivity index is 1.50. The van der Waals surface area contributed by atoms with Crippen LogP contribution in [0.5, 0.6) is 0 Å². The van der Waals surface area contributed by atoms with Crippen molar-refractivity contribution in [3.63, 3.8) is 0 Å². The molecule has 2 aliphatic rings. The van der Waals surface area contributed by atoms with Crippen molar-refractivity contribution in [1.82, 2.24) is 19.7 Å². The molecule has 7 nitrogen and oxygen atoms in total. The highest BCUT2D eigenvalue weighted by molar-refractivity contribution is 8.04. The van der Waals surface area contributed by atoms with E-state index in [4.69, 9.17) is 5.73 Å². The van der Waals surface area contributed by atoms with Crippen molar-refractivity contribution >= 4 is 23.7 Å². The molecule has 0 spiro atoms. The molecule has 0 aliphatic carbocycles. The molecule has 0 bridgehead atoms. The monoisotopic (exact) mass is 477 g/mol. The fourth-order valence-corrected chi connectivity index (χ4v) is 5.15. The quantitative estimate of drug-likeness (QED) is 0.688. The Morgan fingerprint density at radius 2 is 1.88 bits per heavy atom. The van der Waals surface area contributed by atoms with Crippen molar-refractivity contribution in [1.29, 1.82) is 0 Å². The minimum Gasteiger partial charge on any atom is -0.365 e. The van der Waals surface area contributed by atoms with Crippen LogP contribution in [0.25, 0.3) is 0 Å². The van der Waals surface area contributed by atoms with Crippen LogP contribution in [0.3, 0.4) is 0 Å². The summed E-state index contributed by atoms with van der Waals surface area (Å²) >= 11 is 1.22. The number of benzene rings is 1. The van der Waals surface area contributed by atoms with Gasteiger partial charge in [0.2, 0.25) is 0 Å². The molecule has 2 N–H and O–H groups in total. The molecule has 33 heavy (non-hydrogen) atoms. The molecule has 1 atom stereocenters. The van der Waals surface area contributed by atoms with Crippen molar-refractivity contribution in [2.75, 3.05) is 13.1 Å². The summed E-state index contributed by atoms with van der Waals surface area (Å²) in [5.41, 5.74) is 6.42. The highest BCUT2D eigenvalue weighted by Crippen LogP contribution is 2.41. The largest absolute Gasteiger partial charge is 0.416 e. The number of allylic oxidation sites excluding steroid dienone is 1. The van der Waals surface area contributed by atoms with Gasteiger partial charge < -0.3 is 15.5 Å². The summed E-state index contributed by atoms with van der Waals surface area (Å²) in [6, 6.07) is 10.1. The zero-order valence-corrected chi connectivity index (χ0v) is 18.6. The Bertz CT molecular complexity index is 1080. The number of nitrogens with two attached hydrogens (primary N) is 1. The van der Waals surface area contributed by atoms with Crippen LogP contribution in [0.2, 0.25) is 0 Å². The van der Waals surface area contributed by atoms with Crippen LogP contribution in [-0.2, 0) is 24.1 Å². The zero-order valence-electron chi connectivity index (χ0n) is 17.7. The average Bonchev–Trinajstić information content (AvgIpc) is 3.28. The summed E-state index contributed by atoms with van der Waals surface area (Å²) in [5, 5.41) is 0. The first-order valence-corrected chi connectivity index (χ1v) is 11.1. The molecule has 1 fully saturated rings. The Labute approximate surface area is 193 Å². The third-order valence-electron chi connectivity index (χ3n) is 5.58. The van der Waals surface area contributed by atoms with Crippen molar-refractivity contribution < 1.29 is 22.8 Å². The predicted molar refractivity (Wildman–Crippen MR) is 117 cm³/mol. The number of halogens is 3. The number of carbonyl (C=O) groups is 2. The number of alkyl halides is 3. The minimum absolute atomic E-state index is 0.195. The molecular formula is C22H22F3N5O2S. The number of pyridine rings is 1. The Morgan fingerprint density at radius 3 is 2.48 bits per heavy atom. The Hall–Kier alpha value is -3.21. The fourth-order valence-electron chi connectivity index (χ4n) is 3.85. The van der Waals surface area contributed by atoms with Gasteiger partial charge in [0.1, 0.15) is 0 Å². The molecule has 2 aromatic rings. The summed E-state index contributed by atoms with van der Waals surface area (Å²) in [4.78, 5) is 35.0. The molecule has 3 heterocycles. The number of hydrogen-bond donors (Lipinski definition) is 1. The molecule has 3 amide bonds. The highest BCUT2D eigenvalue weighted by Gasteiger charge is 2.42. The van der Waals surface area contributed by atoms with E-state index in [-0.39, 0.29) is 12.6 Å². The number of primary amides is 1. The first-order chi connectivity index (χ1) is 15.6. The topological polar surface area (TPSA) is 82.8 Å². The Morgan fingerprint density at radius 1 is 1.15 bits per heavy atom. The molecular weight excluding hydrogens is 455 g/mol. The number of rotatable bonds is 6. The lowest BCUT2D eigenvalue weighted by Crippen LogP contribution is -2.45. The second kappa shape index (κ2) is 8.97. The van der Waals surface area contributed by atoms with Gasteiger partial charge in [-0.05, 0) is 36.8 Å². The molecule has 1 unspecified atom stereocenters. The molecule has 1 saturated heterocycles. The molecule has 2 aliphatic heterocycles. The van der Waals surface area contributed by atoms with Gasteiger partial charge in [-0.3, -0.25) is 14.7 Å². The number of aromatic nitrogens is 1. The van der Waals surface area contributed by atoms with Crippen molar-refractivity contribution in [2.45, 2.75) is 31.7 Å². The maximum Gasteiger partial charge on any atom is 0.416 e. The van der Waals surface area contributed by atoms with Gasteiger partial charge in [0.15, 0.2) is 5.50 Å². The van der Waals surface area contributed by atoms with Crippen LogP contribution in [-0.4, -0.2) is 50.2 Å². The minimum atomic E-state index is -4.40. The SMILES string of the molecule is CC1=C(C(N)=O)SC(N2CCN(Cc3ccc(C(F)(F)F)cc3)C2=O)N1Cc1ccccn1. The standard InChI is InChI=1S/C22H22F3N5O2S/c1-14-18(19(26)31)33-21(30(14)13-17-4-2-3-9-27-17)29-11-10-28(20(29)32)12-15-5-7-16(8-6-15)22(23,24)25/h2-9,21H,10-13H2,1H3,(H2,26,31). The second-order valence-corrected chi connectivity index (χ2v) is 8.83. The van der Waals surface area contributed by atoms with E-state index in [0.717, 1.165) is 17.8 Å². The maximum atomic E-state index is 13.2. The van der Waals surface area contributed by atoms with Crippen molar-refractivity contribution in [3.8, 4) is 0 Å². The fraction of sp³-hybridized carbons (Fsp3) is 0.318. The van der Waals surface area contributed by atoms with E-state index < -0.39 is 23.1 Å². The first-order valence-electron chi connectivity index (χ1n) is 10.2. The van der Waals surface area contributed by atoms with Crippen LogP contribution in [0.15, 0.2) is 59.3 Å². The van der Waals surface area contributed by atoms with E-state index in [1.165, 1.54) is 23.9 Å². The summed E-state index contributed by atoms with van der Waals surface area (Å²) in [6.07, 6.45) is -2.73. The van der Waals surface area contributed by atoms with Crippen LogP contribution >= 0.6 is 11.8 Å². The number of urea groups is 1. The lowest BCUT2D eigenvalue weighted by atomic mass is 10.1. The van der Waals surface area contributed by atoms with Crippen molar-refractivity contribution in [2.24, 2.45) is 5.73 Å². The van der Waals surface area contributed by atoms with E-state index in [9.17, 15) is 22.8 Å². The molecule has 11 heteroatoms. The van der Waals surface area contributed by atoms with Crippen molar-refractivity contribution in [3.05, 3.63) is 76.1 Å². The van der Waals surface area contributed by atoms with E-state index in [1.807, 2.05) is 17.0 Å². The average molecular weight is 478 g/mol. The molecule has 1 aromatic carbocycles. The summed E-state index contributed by atoms with van der Waals surface area (Å²) in [6.45, 7) is 3.20. The van der Waals surface area contributed by atoms with Gasteiger partial charge in [-0.25, -0.2) is 4.79 Å². The van der Waals surface area contributed by atoms with E-state index in [0.29, 0.717) is 35.8 Å². The lowest BCUT2D eigenvalue weighted by Gasteiger charge is -2.33. The van der Waals surface area contributed by atoms with Gasteiger partial charge in [0, 0.05) is 31.5 Å². The lowest BCUT2D eigenvalue weighted by molar-refractivity contribution is -0.137. The molecule has 174 valence electrons. The summed E-state index contributed by atoms with van der Waals surface area (Å²) in [5.74, 6) is -0.556. The molecule has 4 rings (SSSR count). The summed E-state index contributed by atoms with van der Waals surface area (Å²) in [7, 11) is 0. The van der Waals surface area contributed by atoms with E-state index in [2.05, 4.69) is 4.98 Å². The molecule has 0 radical (unpaired) electrons. The highest BCUT2D eigenvalue weighted by atomic mass is 32.2. The van der Waals surface area contributed by atoms with Crippen LogP contribution in [0, 0.1) is 0 Å². The van der Waals surface area contributed by atoms with Gasteiger partial charge in [-0.15, -0.1) is 0 Å². The van der Waals surface area contributed by atoms with Gasteiger partial charge in [0.05, 0.1) is 22.7 Å². The zero-order chi connectivity index (χ0) is 23.8. The van der Waals surface area contributed by atoms with Gasteiger partial charge >= 0.3 is 12.2 Å². The van der Waals surface area contributed by atoms with E-state index >= 15 is 0 Å². The van der Waals surface area contributed by atoms with Gasteiger partial charge in [0.25, 0.3) is 5.91 Å². The van der Waals surface area contributed by atoms with Crippen LogP contribution < -0.4 is 5.73 Å². The number of amides is 3. The molecule has 1 aromatic heterocycles. The van der Waals surface area contributed by atoms with E-state index in [1.54, 1.807) is 29.0 Å². The third kappa shape index (κ3) is 4.77. The maximum absolute atomic E-state index is 13.2. The normalized spacial score (nSPS) is 19.1. The van der Waals surface area contributed by atoms with Crippen LogP contribution in [0.4, 0.5) is 18.0 Å². The number of nitrogens with zero attached hydrogens (tertiary/aromatic N) is 4.